The van der Waals surface area contributed by atoms with Crippen LogP contribution in [0.25, 0.3) is 0 Å². The number of carbonyl (C=O) groups is 1. The fraction of sp³-hybridized carbons (Fsp3) is 0.667. The molecule has 0 saturated carbocycles. The Morgan fingerprint density at radius 2 is 1.82 bits per heavy atom. The molecule has 1 aromatic carbocycles. The van der Waals surface area contributed by atoms with Crippen molar-refractivity contribution in [2.24, 2.45) is 0 Å². The third kappa shape index (κ3) is 5.03. The summed E-state index contributed by atoms with van der Waals surface area (Å²) in [6.45, 7) is 5.87. The van der Waals surface area contributed by atoms with Crippen LogP contribution in [0.2, 0.25) is 0 Å². The largest absolute Gasteiger partial charge is 0.490 e. The van der Waals surface area contributed by atoms with Gasteiger partial charge in [0.15, 0.2) is 0 Å². The van der Waals surface area contributed by atoms with Crippen molar-refractivity contribution < 1.29 is 24.9 Å². The summed E-state index contributed by atoms with van der Waals surface area (Å²) in [5.74, 6) is 0.685. The smallest absolute Gasteiger partial charge is 0.219 e. The van der Waals surface area contributed by atoms with Gasteiger partial charge in [-0.05, 0) is 38.3 Å². The maximum Gasteiger partial charge on any atom is 0.219 e. The number of aliphatic hydroxyl groups excluding tert-OH is 1. The molecule has 2 aliphatic heterocycles. The molecule has 156 valence electrons. The first-order chi connectivity index (χ1) is 13.2. The molecule has 0 spiro atoms. The van der Waals surface area contributed by atoms with E-state index >= 15 is 0 Å². The second-order valence-corrected chi connectivity index (χ2v) is 8.45. The van der Waals surface area contributed by atoms with Crippen molar-refractivity contribution >= 4 is 5.91 Å². The van der Waals surface area contributed by atoms with Crippen LogP contribution in [-0.4, -0.2) is 87.7 Å². The highest BCUT2D eigenvalue weighted by Gasteiger charge is 2.44. The number of piperidine rings is 2. The second kappa shape index (κ2) is 8.37. The number of aliphatic hydroxyl groups is 3. The van der Waals surface area contributed by atoms with Gasteiger partial charge in [0.2, 0.25) is 5.91 Å². The summed E-state index contributed by atoms with van der Waals surface area (Å²) in [4.78, 5) is 15.2. The van der Waals surface area contributed by atoms with Crippen LogP contribution in [0.1, 0.15) is 31.7 Å². The first-order valence-electron chi connectivity index (χ1n) is 9.99. The average molecular weight is 392 g/mol. The van der Waals surface area contributed by atoms with Crippen molar-refractivity contribution in [1.29, 1.82) is 0 Å². The van der Waals surface area contributed by atoms with Crippen molar-refractivity contribution in [1.82, 2.24) is 9.80 Å². The summed E-state index contributed by atoms with van der Waals surface area (Å²) in [5, 5.41) is 32.3. The number of hydrogen-bond donors (Lipinski definition) is 3. The molecule has 7 nitrogen and oxygen atoms in total. The van der Waals surface area contributed by atoms with E-state index in [1.54, 1.807) is 11.8 Å². The minimum Gasteiger partial charge on any atom is -0.490 e. The second-order valence-electron chi connectivity index (χ2n) is 8.45. The number of nitrogens with zero attached hydrogens (tertiary/aromatic N) is 2. The highest BCUT2D eigenvalue weighted by atomic mass is 16.5. The van der Waals surface area contributed by atoms with Crippen molar-refractivity contribution in [3.8, 4) is 5.75 Å². The molecule has 0 bridgehead atoms. The van der Waals surface area contributed by atoms with Crippen LogP contribution in [0.3, 0.4) is 0 Å². The SMILES string of the molecule is CC(=O)N1CCC(O)(CN2CC[C@H](O)[C@@](O)(COc3ccc(C)cc3)C2)CC1. The van der Waals surface area contributed by atoms with Crippen LogP contribution >= 0.6 is 0 Å². The quantitative estimate of drug-likeness (QED) is 0.678. The summed E-state index contributed by atoms with van der Waals surface area (Å²) < 4.78 is 5.73. The Balaban J connectivity index is 1.57. The molecule has 0 radical (unpaired) electrons. The van der Waals surface area contributed by atoms with Gasteiger partial charge >= 0.3 is 0 Å². The lowest BCUT2D eigenvalue weighted by Crippen LogP contribution is -2.62. The number of likely N-dealkylation sites (tertiary alicyclic amines) is 2. The number of β-amino-alcohol motifs (C(OH)–C–C–N with tert-alkyl or cyclic N) is 2. The summed E-state index contributed by atoms with van der Waals surface area (Å²) in [7, 11) is 0. The van der Waals surface area contributed by atoms with E-state index in [2.05, 4.69) is 0 Å². The van der Waals surface area contributed by atoms with Crippen LogP contribution < -0.4 is 4.74 Å². The Bertz CT molecular complexity index is 672. The number of hydrogen-bond acceptors (Lipinski definition) is 6. The third-order valence-corrected chi connectivity index (χ3v) is 6.00. The molecular weight excluding hydrogens is 360 g/mol. The zero-order valence-electron chi connectivity index (χ0n) is 16.8. The summed E-state index contributed by atoms with van der Waals surface area (Å²) in [5.41, 5.74) is -1.15. The zero-order valence-corrected chi connectivity index (χ0v) is 16.8. The molecule has 3 N–H and O–H groups in total. The first-order valence-corrected chi connectivity index (χ1v) is 9.99. The van der Waals surface area contributed by atoms with Gasteiger partial charge in [-0.25, -0.2) is 0 Å². The Kier molecular flexibility index (Phi) is 6.29. The van der Waals surface area contributed by atoms with Crippen LogP contribution in [0.5, 0.6) is 5.75 Å². The molecule has 2 heterocycles. The Morgan fingerprint density at radius 1 is 1.18 bits per heavy atom. The Morgan fingerprint density at radius 3 is 2.43 bits per heavy atom. The predicted molar refractivity (Wildman–Crippen MR) is 105 cm³/mol. The molecule has 2 aliphatic rings. The topological polar surface area (TPSA) is 93.5 Å². The van der Waals surface area contributed by atoms with Crippen molar-refractivity contribution in [3.05, 3.63) is 29.8 Å². The van der Waals surface area contributed by atoms with E-state index in [0.717, 1.165) is 5.56 Å². The minimum atomic E-state index is -1.39. The molecule has 0 aromatic heterocycles. The van der Waals surface area contributed by atoms with Crippen molar-refractivity contribution in [3.63, 3.8) is 0 Å². The fourth-order valence-electron chi connectivity index (χ4n) is 4.08. The Labute approximate surface area is 166 Å². The van der Waals surface area contributed by atoms with E-state index in [1.165, 1.54) is 0 Å². The van der Waals surface area contributed by atoms with E-state index in [9.17, 15) is 20.1 Å². The van der Waals surface area contributed by atoms with Crippen LogP contribution in [0.4, 0.5) is 0 Å². The number of amides is 1. The standard InChI is InChI=1S/C21H32N2O5/c1-16-3-5-18(6-4-16)28-15-21(27)14-22(10-7-19(21)25)13-20(26)8-11-23(12-9-20)17(2)24/h3-6,19,25-27H,7-15H2,1-2H3/t19-,21-/m0/s1. The minimum absolute atomic E-state index is 0.00965. The van der Waals surface area contributed by atoms with Gasteiger partial charge in [0.1, 0.15) is 18.0 Å². The lowest BCUT2D eigenvalue weighted by molar-refractivity contribution is -0.152. The molecule has 2 fully saturated rings. The normalized spacial score (nSPS) is 28.2. The first kappa shape index (κ1) is 21.0. The van der Waals surface area contributed by atoms with E-state index < -0.39 is 17.3 Å². The summed E-state index contributed by atoms with van der Waals surface area (Å²) in [6.07, 6.45) is 0.584. The number of rotatable bonds is 5. The van der Waals surface area contributed by atoms with Gasteiger partial charge in [0.05, 0.1) is 11.7 Å². The molecular formula is C21H32N2O5. The summed E-state index contributed by atoms with van der Waals surface area (Å²) >= 11 is 0. The molecule has 3 rings (SSSR count). The van der Waals surface area contributed by atoms with Gasteiger partial charge < -0.3 is 25.0 Å². The monoisotopic (exact) mass is 392 g/mol. The number of benzene rings is 1. The molecule has 28 heavy (non-hydrogen) atoms. The van der Waals surface area contributed by atoms with Crippen LogP contribution in [0, 0.1) is 6.92 Å². The number of aryl methyl sites for hydroxylation is 1. The fourth-order valence-corrected chi connectivity index (χ4v) is 4.08. The molecule has 7 heteroatoms. The van der Waals surface area contributed by atoms with Gasteiger partial charge in [-0.1, -0.05) is 17.7 Å². The molecule has 1 amide bonds. The van der Waals surface area contributed by atoms with Crippen molar-refractivity contribution in [2.45, 2.75) is 50.4 Å². The number of ether oxygens (including phenoxy) is 1. The van der Waals surface area contributed by atoms with E-state index in [1.807, 2.05) is 36.1 Å². The maximum atomic E-state index is 11.5. The molecule has 0 unspecified atom stereocenters. The van der Waals surface area contributed by atoms with E-state index in [-0.39, 0.29) is 19.1 Å². The highest BCUT2D eigenvalue weighted by Crippen LogP contribution is 2.28. The Hall–Kier alpha value is -1.67. The highest BCUT2D eigenvalue weighted by molar-refractivity contribution is 5.73. The third-order valence-electron chi connectivity index (χ3n) is 6.00. The maximum absolute atomic E-state index is 11.5. The summed E-state index contributed by atoms with van der Waals surface area (Å²) in [6, 6.07) is 7.56. The van der Waals surface area contributed by atoms with E-state index in [4.69, 9.17) is 4.74 Å². The zero-order chi connectivity index (χ0) is 20.4. The van der Waals surface area contributed by atoms with Crippen LogP contribution in [-0.2, 0) is 4.79 Å². The predicted octanol–water partition coefficient (Wildman–Crippen LogP) is 0.545. The number of carbonyl (C=O) groups excluding carboxylic acids is 1. The molecule has 0 aliphatic carbocycles. The van der Waals surface area contributed by atoms with Crippen molar-refractivity contribution in [2.75, 3.05) is 39.3 Å². The van der Waals surface area contributed by atoms with Gasteiger partial charge in [0.25, 0.3) is 0 Å². The van der Waals surface area contributed by atoms with Gasteiger partial charge in [-0.2, -0.15) is 0 Å². The lowest BCUT2D eigenvalue weighted by atomic mass is 9.86. The molecule has 1 aromatic rings. The molecule has 2 atom stereocenters. The lowest BCUT2D eigenvalue weighted by Gasteiger charge is -2.46. The average Bonchev–Trinajstić information content (AvgIpc) is 2.65. The van der Waals surface area contributed by atoms with Gasteiger partial charge in [-0.15, -0.1) is 0 Å². The van der Waals surface area contributed by atoms with E-state index in [0.29, 0.717) is 51.2 Å². The van der Waals surface area contributed by atoms with Crippen LogP contribution in [0.15, 0.2) is 24.3 Å². The molecule has 2 saturated heterocycles. The van der Waals surface area contributed by atoms with Gasteiger partial charge in [-0.3, -0.25) is 9.69 Å². The van der Waals surface area contributed by atoms with Gasteiger partial charge in [0, 0.05) is 39.6 Å².